The number of aryl methyl sites for hydroxylation is 1. The normalized spacial score (nSPS) is 10.8. The van der Waals surface area contributed by atoms with Crippen molar-refractivity contribution in [2.75, 3.05) is 6.61 Å². The summed E-state index contributed by atoms with van der Waals surface area (Å²) in [6.45, 7) is 6.90. The Morgan fingerprint density at radius 2 is 2.00 bits per heavy atom. The minimum Gasteiger partial charge on any atom is -0.493 e. The van der Waals surface area contributed by atoms with Crippen molar-refractivity contribution in [3.8, 4) is 17.0 Å². The van der Waals surface area contributed by atoms with Crippen LogP contribution in [0, 0.1) is 12.8 Å². The molecule has 0 radical (unpaired) electrons. The van der Waals surface area contributed by atoms with Crippen LogP contribution < -0.4 is 4.74 Å². The molecule has 3 heteroatoms. The van der Waals surface area contributed by atoms with Gasteiger partial charge in [-0.05, 0) is 36.6 Å². The van der Waals surface area contributed by atoms with Crippen LogP contribution in [0.2, 0.25) is 0 Å². The van der Waals surface area contributed by atoms with Gasteiger partial charge in [-0.1, -0.05) is 32.0 Å². The van der Waals surface area contributed by atoms with Crippen LogP contribution in [0.4, 0.5) is 0 Å². The molecule has 0 saturated heterocycles. The molecule has 0 unspecified atom stereocenters. The largest absolute Gasteiger partial charge is 0.493 e. The smallest absolute Gasteiger partial charge is 0.119 e. The van der Waals surface area contributed by atoms with E-state index in [0.717, 1.165) is 28.3 Å². The van der Waals surface area contributed by atoms with Crippen LogP contribution in [0.15, 0.2) is 36.4 Å². The van der Waals surface area contributed by atoms with Crippen molar-refractivity contribution < 1.29 is 9.84 Å². The minimum absolute atomic E-state index is 0.0245. The Morgan fingerprint density at radius 1 is 1.20 bits per heavy atom. The number of nitrogens with zero attached hydrogens (tertiary/aromatic N) is 1. The average Bonchev–Trinajstić information content (AvgIpc) is 2.45. The molecule has 0 atom stereocenters. The first-order chi connectivity index (χ1) is 9.60. The van der Waals surface area contributed by atoms with E-state index in [4.69, 9.17) is 4.74 Å². The average molecular weight is 271 g/mol. The maximum Gasteiger partial charge on any atom is 0.119 e. The zero-order valence-corrected chi connectivity index (χ0v) is 12.3. The highest BCUT2D eigenvalue weighted by molar-refractivity contribution is 5.61. The zero-order valence-electron chi connectivity index (χ0n) is 12.3. The van der Waals surface area contributed by atoms with E-state index in [0.29, 0.717) is 12.5 Å². The molecule has 2 aromatic rings. The standard InChI is InChI=1S/C17H21NO2/c1-12(2)11-20-16-6-4-5-14(9-16)17-8-7-15(10-19)13(3)18-17/h4-9,12,19H,10-11H2,1-3H3. The highest BCUT2D eigenvalue weighted by atomic mass is 16.5. The van der Waals surface area contributed by atoms with Crippen LogP contribution in [0.5, 0.6) is 5.75 Å². The first-order valence-corrected chi connectivity index (χ1v) is 6.90. The lowest BCUT2D eigenvalue weighted by Crippen LogP contribution is -2.04. The summed E-state index contributed by atoms with van der Waals surface area (Å²) in [5.41, 5.74) is 3.65. The first-order valence-electron chi connectivity index (χ1n) is 6.90. The zero-order chi connectivity index (χ0) is 14.5. The van der Waals surface area contributed by atoms with Gasteiger partial charge in [-0.2, -0.15) is 0 Å². The lowest BCUT2D eigenvalue weighted by Gasteiger charge is -2.10. The van der Waals surface area contributed by atoms with Gasteiger partial charge in [0.25, 0.3) is 0 Å². The van der Waals surface area contributed by atoms with Crippen LogP contribution in [0.25, 0.3) is 11.3 Å². The quantitative estimate of drug-likeness (QED) is 0.903. The Hall–Kier alpha value is -1.87. The highest BCUT2D eigenvalue weighted by Gasteiger charge is 2.05. The van der Waals surface area contributed by atoms with Gasteiger partial charge in [-0.25, -0.2) is 0 Å². The predicted molar refractivity (Wildman–Crippen MR) is 80.7 cm³/mol. The Morgan fingerprint density at radius 3 is 2.65 bits per heavy atom. The summed E-state index contributed by atoms with van der Waals surface area (Å²) in [6, 6.07) is 11.8. The Kier molecular flexibility index (Phi) is 4.74. The lowest BCUT2D eigenvalue weighted by atomic mass is 10.1. The summed E-state index contributed by atoms with van der Waals surface area (Å²) in [5.74, 6) is 1.37. The van der Waals surface area contributed by atoms with Crippen LogP contribution in [0.1, 0.15) is 25.1 Å². The summed E-state index contributed by atoms with van der Waals surface area (Å²) >= 11 is 0. The van der Waals surface area contributed by atoms with E-state index >= 15 is 0 Å². The van der Waals surface area contributed by atoms with E-state index in [1.54, 1.807) is 0 Å². The summed E-state index contributed by atoms with van der Waals surface area (Å²) in [7, 11) is 0. The molecule has 0 bridgehead atoms. The molecule has 20 heavy (non-hydrogen) atoms. The summed E-state index contributed by atoms with van der Waals surface area (Å²) in [6.07, 6.45) is 0. The molecule has 1 heterocycles. The van der Waals surface area contributed by atoms with Gasteiger partial charge in [0.05, 0.1) is 18.9 Å². The SMILES string of the molecule is Cc1nc(-c2cccc(OCC(C)C)c2)ccc1CO. The molecule has 0 saturated carbocycles. The number of rotatable bonds is 5. The number of ether oxygens (including phenoxy) is 1. The van der Waals surface area contributed by atoms with Gasteiger partial charge in [0.2, 0.25) is 0 Å². The van der Waals surface area contributed by atoms with Gasteiger partial charge in [0, 0.05) is 11.3 Å². The fraction of sp³-hybridized carbons (Fsp3) is 0.353. The molecule has 0 fully saturated rings. The molecule has 0 aliphatic heterocycles. The molecule has 0 aliphatic rings. The van der Waals surface area contributed by atoms with Gasteiger partial charge in [-0.3, -0.25) is 4.98 Å². The molecular weight excluding hydrogens is 250 g/mol. The van der Waals surface area contributed by atoms with Gasteiger partial charge in [-0.15, -0.1) is 0 Å². The van der Waals surface area contributed by atoms with E-state index in [2.05, 4.69) is 18.8 Å². The molecule has 1 aromatic heterocycles. The Labute approximate surface area is 120 Å². The fourth-order valence-electron chi connectivity index (χ4n) is 1.93. The summed E-state index contributed by atoms with van der Waals surface area (Å²) in [5, 5.41) is 9.19. The monoisotopic (exact) mass is 271 g/mol. The second kappa shape index (κ2) is 6.53. The molecule has 0 amide bonds. The van der Waals surface area contributed by atoms with E-state index < -0.39 is 0 Å². The third kappa shape index (κ3) is 3.58. The van der Waals surface area contributed by atoms with Crippen molar-refractivity contribution in [1.82, 2.24) is 4.98 Å². The molecular formula is C17H21NO2. The van der Waals surface area contributed by atoms with Crippen molar-refractivity contribution in [3.05, 3.63) is 47.7 Å². The highest BCUT2D eigenvalue weighted by Crippen LogP contribution is 2.23. The fourth-order valence-corrected chi connectivity index (χ4v) is 1.93. The van der Waals surface area contributed by atoms with Gasteiger partial charge >= 0.3 is 0 Å². The topological polar surface area (TPSA) is 42.4 Å². The molecule has 3 nitrogen and oxygen atoms in total. The Balaban J connectivity index is 2.24. The van der Waals surface area contributed by atoms with Crippen LogP contribution in [-0.2, 0) is 6.61 Å². The lowest BCUT2D eigenvalue weighted by molar-refractivity contribution is 0.271. The summed E-state index contributed by atoms with van der Waals surface area (Å²) in [4.78, 5) is 4.54. The second-order valence-electron chi connectivity index (χ2n) is 5.33. The van der Waals surface area contributed by atoms with Crippen LogP contribution >= 0.6 is 0 Å². The minimum atomic E-state index is 0.0245. The third-order valence-electron chi connectivity index (χ3n) is 3.08. The molecule has 1 N–H and O–H groups in total. The molecule has 1 aromatic carbocycles. The van der Waals surface area contributed by atoms with Crippen molar-refractivity contribution in [2.45, 2.75) is 27.4 Å². The molecule has 2 rings (SSSR count). The number of hydrogen-bond acceptors (Lipinski definition) is 3. The first kappa shape index (κ1) is 14.5. The van der Waals surface area contributed by atoms with Crippen molar-refractivity contribution >= 4 is 0 Å². The van der Waals surface area contributed by atoms with E-state index in [9.17, 15) is 5.11 Å². The Bertz CT molecular complexity index is 579. The van der Waals surface area contributed by atoms with Crippen molar-refractivity contribution in [3.63, 3.8) is 0 Å². The van der Waals surface area contributed by atoms with E-state index in [-0.39, 0.29) is 6.61 Å². The molecule has 106 valence electrons. The number of pyridine rings is 1. The number of aliphatic hydroxyl groups excluding tert-OH is 1. The molecule has 0 spiro atoms. The summed E-state index contributed by atoms with van der Waals surface area (Å²) < 4.78 is 5.74. The van der Waals surface area contributed by atoms with Crippen molar-refractivity contribution in [1.29, 1.82) is 0 Å². The number of hydrogen-bond donors (Lipinski definition) is 1. The van der Waals surface area contributed by atoms with Crippen LogP contribution in [-0.4, -0.2) is 16.7 Å². The van der Waals surface area contributed by atoms with Gasteiger partial charge in [0.1, 0.15) is 5.75 Å². The maximum absolute atomic E-state index is 9.19. The van der Waals surface area contributed by atoms with Gasteiger partial charge < -0.3 is 9.84 Å². The van der Waals surface area contributed by atoms with Gasteiger partial charge in [0.15, 0.2) is 0 Å². The number of aliphatic hydroxyl groups is 1. The maximum atomic E-state index is 9.19. The van der Waals surface area contributed by atoms with E-state index in [1.165, 1.54) is 0 Å². The predicted octanol–water partition coefficient (Wildman–Crippen LogP) is 3.58. The third-order valence-corrected chi connectivity index (χ3v) is 3.08. The second-order valence-corrected chi connectivity index (χ2v) is 5.33. The van der Waals surface area contributed by atoms with Crippen molar-refractivity contribution in [2.24, 2.45) is 5.92 Å². The van der Waals surface area contributed by atoms with E-state index in [1.807, 2.05) is 43.3 Å². The number of benzene rings is 1. The molecule has 0 aliphatic carbocycles. The van der Waals surface area contributed by atoms with Crippen LogP contribution in [0.3, 0.4) is 0 Å². The number of aromatic nitrogens is 1.